The zero-order valence-corrected chi connectivity index (χ0v) is 20.5. The number of aliphatic hydroxyl groups excluding tert-OH is 2. The number of aliphatic carboxylic acids is 1. The molecule has 250 valence electrons. The van der Waals surface area contributed by atoms with Crippen LogP contribution in [0, 0.1) is 5.92 Å². The van der Waals surface area contributed by atoms with Crippen molar-refractivity contribution in [3.8, 4) is 0 Å². The first-order valence-corrected chi connectivity index (χ1v) is 10.3. The summed E-state index contributed by atoms with van der Waals surface area (Å²) in [4.78, 5) is 22.1. The van der Waals surface area contributed by atoms with E-state index in [1.165, 1.54) is 0 Å². The van der Waals surface area contributed by atoms with Gasteiger partial charge in [-0.1, -0.05) is 0 Å². The normalized spacial score (nSPS) is 17.5. The molecule has 3 atom stereocenters. The predicted octanol–water partition coefficient (Wildman–Crippen LogP) is 2.68. The van der Waals surface area contributed by atoms with Gasteiger partial charge in [-0.3, -0.25) is 9.28 Å². The molecule has 0 saturated heterocycles. The van der Waals surface area contributed by atoms with E-state index in [1.54, 1.807) is 0 Å². The minimum absolute atomic E-state index is 0.218. The van der Waals surface area contributed by atoms with E-state index >= 15 is 0 Å². The van der Waals surface area contributed by atoms with E-state index in [2.05, 4.69) is 4.74 Å². The van der Waals surface area contributed by atoms with Crippen molar-refractivity contribution in [2.75, 3.05) is 27.2 Å². The summed E-state index contributed by atoms with van der Waals surface area (Å²) < 4.78 is 233. The molecular formula is C18H18F17NO6. The van der Waals surface area contributed by atoms with Crippen LogP contribution in [-0.2, 0) is 14.3 Å². The summed E-state index contributed by atoms with van der Waals surface area (Å²) in [6.07, 6.45) is -14.6. The molecule has 0 aromatic rings. The standard InChI is InChI=1S/C18H18F17NO6/c1-6(38)42-9(10(41)36(2,3)4-8(39)40)7(5-37)11(19,20)12(21,22)13(23,24)14(25,26)15(27,28)16(29,30)17(31,32)18(33,34)35/h7,9-10,37,41H,4-5H2,1-3H3. The Balaban J connectivity index is 7.25. The van der Waals surface area contributed by atoms with Crippen LogP contribution in [0.3, 0.4) is 0 Å². The highest BCUT2D eigenvalue weighted by atomic mass is 19.4. The van der Waals surface area contributed by atoms with Crippen molar-refractivity contribution >= 4 is 11.9 Å². The maximum atomic E-state index is 14.8. The molecule has 0 aliphatic heterocycles. The van der Waals surface area contributed by atoms with Crippen LogP contribution in [0.4, 0.5) is 74.6 Å². The molecule has 0 aliphatic carbocycles. The van der Waals surface area contributed by atoms with Gasteiger partial charge in [-0.05, 0) is 0 Å². The fraction of sp³-hybridized carbons (Fsp3) is 0.889. The number of likely N-dealkylation sites (N-methyl/N-ethyl adjacent to an activating group) is 1. The van der Waals surface area contributed by atoms with Crippen LogP contribution in [0.5, 0.6) is 0 Å². The number of carbonyl (C=O) groups excluding carboxylic acids is 2. The summed E-state index contributed by atoms with van der Waals surface area (Å²) in [5, 5.41) is 30.2. The van der Waals surface area contributed by atoms with Crippen LogP contribution in [0.1, 0.15) is 6.92 Å². The zero-order valence-electron chi connectivity index (χ0n) is 20.5. The summed E-state index contributed by atoms with van der Waals surface area (Å²) >= 11 is 0. The lowest BCUT2D eigenvalue weighted by atomic mass is 9.82. The molecule has 0 bridgehead atoms. The van der Waals surface area contributed by atoms with Crippen LogP contribution in [0.15, 0.2) is 0 Å². The summed E-state index contributed by atoms with van der Waals surface area (Å²) in [5.41, 5.74) is 0. The Labute approximate surface area is 222 Å². The van der Waals surface area contributed by atoms with Crippen LogP contribution in [-0.4, -0.2) is 114 Å². The Hall–Kier alpha value is -2.37. The second kappa shape index (κ2) is 11.3. The molecule has 0 rings (SSSR count). The van der Waals surface area contributed by atoms with E-state index in [1.807, 2.05) is 0 Å². The molecular weight excluding hydrogens is 649 g/mol. The SMILES string of the molecule is CC(=O)OC(C(CO)C(F)(F)C(F)(F)C(F)(F)C(F)(F)C(F)(F)C(F)(F)C(F)(F)C(F)(F)F)C(O)[N+](C)(C)CC(=O)[O-]. The highest BCUT2D eigenvalue weighted by Crippen LogP contribution is 2.64. The van der Waals surface area contributed by atoms with E-state index in [9.17, 15) is 99.5 Å². The van der Waals surface area contributed by atoms with Gasteiger partial charge in [0.25, 0.3) is 0 Å². The molecule has 0 saturated carbocycles. The third-order valence-electron chi connectivity index (χ3n) is 5.65. The zero-order chi connectivity index (χ0) is 34.5. The molecule has 2 N–H and O–H groups in total. The molecule has 3 unspecified atom stereocenters. The summed E-state index contributed by atoms with van der Waals surface area (Å²) in [7, 11) is 1.02. The molecule has 0 spiro atoms. The van der Waals surface area contributed by atoms with Crippen molar-refractivity contribution in [3.05, 3.63) is 0 Å². The number of carbonyl (C=O) groups is 2. The first-order chi connectivity index (χ1) is 18.1. The molecule has 0 aromatic heterocycles. The van der Waals surface area contributed by atoms with E-state index < -0.39 is 95.5 Å². The topological polar surface area (TPSA) is 107 Å². The van der Waals surface area contributed by atoms with Crippen LogP contribution >= 0.6 is 0 Å². The van der Waals surface area contributed by atoms with Gasteiger partial charge < -0.3 is 24.9 Å². The number of nitrogens with zero attached hydrogens (tertiary/aromatic N) is 1. The summed E-state index contributed by atoms with van der Waals surface area (Å²) in [6.45, 7) is -4.08. The predicted molar refractivity (Wildman–Crippen MR) is 94.8 cm³/mol. The molecule has 0 radical (unpaired) electrons. The highest BCUT2D eigenvalue weighted by molar-refractivity contribution is 5.66. The fourth-order valence-electron chi connectivity index (χ4n) is 3.20. The van der Waals surface area contributed by atoms with Crippen molar-refractivity contribution in [1.29, 1.82) is 0 Å². The first kappa shape index (κ1) is 39.6. The van der Waals surface area contributed by atoms with E-state index in [0.717, 1.165) is 0 Å². The maximum Gasteiger partial charge on any atom is 0.460 e. The van der Waals surface area contributed by atoms with Crippen molar-refractivity contribution in [3.63, 3.8) is 0 Å². The van der Waals surface area contributed by atoms with Gasteiger partial charge in [0.2, 0.25) is 6.23 Å². The highest BCUT2D eigenvalue weighted by Gasteiger charge is 2.95. The van der Waals surface area contributed by atoms with Crippen molar-refractivity contribution in [2.45, 2.75) is 66.9 Å². The van der Waals surface area contributed by atoms with Gasteiger partial charge in [-0.2, -0.15) is 74.6 Å². The second-order valence-corrected chi connectivity index (χ2v) is 9.15. The first-order valence-electron chi connectivity index (χ1n) is 10.3. The van der Waals surface area contributed by atoms with Gasteiger partial charge in [0.15, 0.2) is 6.10 Å². The number of carboxylic acid groups (broad SMARTS) is 1. The van der Waals surface area contributed by atoms with Crippen LogP contribution in [0.2, 0.25) is 0 Å². The Morgan fingerprint density at radius 3 is 1.33 bits per heavy atom. The minimum Gasteiger partial charge on any atom is -0.544 e. The number of rotatable bonds is 14. The van der Waals surface area contributed by atoms with Gasteiger partial charge in [0.05, 0.1) is 32.6 Å². The number of halogens is 17. The quantitative estimate of drug-likeness (QED) is 0.128. The molecule has 0 aromatic carbocycles. The Morgan fingerprint density at radius 1 is 0.714 bits per heavy atom. The number of carboxylic acids is 1. The number of quaternary nitrogens is 1. The largest absolute Gasteiger partial charge is 0.544 e. The number of esters is 1. The van der Waals surface area contributed by atoms with Crippen molar-refractivity contribution < 1.29 is 109 Å². The maximum absolute atomic E-state index is 14.8. The number of alkyl halides is 17. The van der Waals surface area contributed by atoms with E-state index in [4.69, 9.17) is 0 Å². The van der Waals surface area contributed by atoms with Gasteiger partial charge in [0, 0.05) is 6.92 Å². The molecule has 0 heterocycles. The van der Waals surface area contributed by atoms with E-state index in [-0.39, 0.29) is 6.92 Å². The average molecular weight is 667 g/mol. The molecule has 7 nitrogen and oxygen atoms in total. The number of ether oxygens (including phenoxy) is 1. The Kier molecular flexibility index (Phi) is 10.6. The molecule has 0 amide bonds. The molecule has 0 aliphatic rings. The summed E-state index contributed by atoms with van der Waals surface area (Å²) in [5.74, 6) is -67.6. The summed E-state index contributed by atoms with van der Waals surface area (Å²) in [6, 6.07) is 0. The van der Waals surface area contributed by atoms with Gasteiger partial charge in [-0.25, -0.2) is 0 Å². The molecule has 24 heteroatoms. The van der Waals surface area contributed by atoms with Gasteiger partial charge in [0.1, 0.15) is 6.54 Å². The molecule has 0 fully saturated rings. The lowest BCUT2D eigenvalue weighted by Gasteiger charge is -2.46. The van der Waals surface area contributed by atoms with E-state index in [0.29, 0.717) is 14.1 Å². The Bertz CT molecular complexity index is 997. The van der Waals surface area contributed by atoms with Crippen molar-refractivity contribution in [2.24, 2.45) is 5.92 Å². The lowest BCUT2D eigenvalue weighted by molar-refractivity contribution is -0.936. The van der Waals surface area contributed by atoms with Gasteiger partial charge >= 0.3 is 53.6 Å². The van der Waals surface area contributed by atoms with Crippen LogP contribution in [0.25, 0.3) is 0 Å². The average Bonchev–Trinajstić information content (AvgIpc) is 2.75. The number of hydrogen-bond acceptors (Lipinski definition) is 6. The smallest absolute Gasteiger partial charge is 0.460 e. The second-order valence-electron chi connectivity index (χ2n) is 9.15. The monoisotopic (exact) mass is 667 g/mol. The van der Waals surface area contributed by atoms with Crippen molar-refractivity contribution in [1.82, 2.24) is 0 Å². The third-order valence-corrected chi connectivity index (χ3v) is 5.65. The number of hydrogen-bond donors (Lipinski definition) is 2. The molecule has 42 heavy (non-hydrogen) atoms. The van der Waals surface area contributed by atoms with Crippen LogP contribution < -0.4 is 5.11 Å². The Morgan fingerprint density at radius 2 is 1.05 bits per heavy atom. The van der Waals surface area contributed by atoms with Gasteiger partial charge in [-0.15, -0.1) is 0 Å². The lowest BCUT2D eigenvalue weighted by Crippen LogP contribution is -2.75. The number of aliphatic hydroxyl groups is 2. The fourth-order valence-corrected chi connectivity index (χ4v) is 3.20. The minimum atomic E-state index is -8.90. The third kappa shape index (κ3) is 6.01.